The smallest absolute Gasteiger partial charge is 0.481 e. The normalized spacial score (nSPS) is 11.4. The molecule has 0 N–H and O–H groups in total. The summed E-state index contributed by atoms with van der Waals surface area (Å²) in [4.78, 5) is 55.8. The van der Waals surface area contributed by atoms with E-state index in [1.54, 1.807) is 80.4 Å². The molecule has 0 fully saturated rings. The van der Waals surface area contributed by atoms with Gasteiger partial charge in [0.05, 0.1) is 26.6 Å². The van der Waals surface area contributed by atoms with Crippen molar-refractivity contribution in [2.24, 2.45) is 0 Å². The SMILES string of the molecule is [Pt+2].[Pt+2].[Pt+2].[c-]1c(-c2ccc(-c3nccs3)cn2)cccc1-n1c2[c-]c(-c3nc4ccccc4o3)ccc2c2cc(-c3nccs3)ccc21.[c-]1c(-c2ccccn2)ccc(-c2nccs2)c1-n1c2[c-]c(-c3nc4ccccc4o3)ccc2c2cc(-c3nccs3)ccc21.[c-]1c(-c2ccccn2)cccc1-n1c2[c-]c(-c3nc4ccccc4o3)c(-c3nccs3)cc2c2cc(-c3nccs3)ccc21. The van der Waals surface area contributed by atoms with E-state index in [0.29, 0.717) is 17.7 Å². The molecule has 0 aliphatic carbocycles. The monoisotopic (exact) mass is 2390 g/mol. The van der Waals surface area contributed by atoms with Crippen molar-refractivity contribution in [3.8, 4) is 149 Å². The molecule has 27 heteroatoms. The van der Waals surface area contributed by atoms with Gasteiger partial charge < -0.3 is 41.9 Å². The number of nitrogens with zero attached hydrogens (tertiary/aromatic N) is 15. The van der Waals surface area contributed by atoms with Gasteiger partial charge in [0.25, 0.3) is 0 Å². The van der Waals surface area contributed by atoms with Crippen molar-refractivity contribution in [1.82, 2.24) is 73.5 Å². The standard InChI is InChI=1S/3C36H19N5OS2.3Pt/c1-2-10-33-30(9-1)40-34(42-33)27-21-32-26(20-28(27)36-39-15-17-44-36)25-19-23(35-38-14-16-43-35)11-12-31(25)41(32)24-7-5-6-22(18-24)29-8-3-4-13-37-29;1-2-7-33-29(6-1)40-34(42-33)23-9-11-25-27-19-24(35-38-15-17-43-35)10-13-30(27)41(31(25)21-23)32-20-22(28-5-3-4-14-37-28)8-12-26(32)36-39-16-18-44-36;1-2-7-33-30(6-1)40-34(42-33)23-8-11-27-28-19-24(35-37-14-16-43-35)10-13-31(28)41(32(27)20-23)26-5-3-4-22(18-26)29-12-9-25(21-39-29)36-38-15-17-44-36;;;/h1-17,19-20H;1-19H;1-17,19,21H;;;/q3*-2;3*+2. The van der Waals surface area contributed by atoms with Crippen LogP contribution in [0.4, 0.5) is 0 Å². The minimum absolute atomic E-state index is 0. The summed E-state index contributed by atoms with van der Waals surface area (Å²) in [5, 5.41) is 24.1. The zero-order chi connectivity index (χ0) is 87.1. The first-order valence-electron chi connectivity index (χ1n) is 41.8. The minimum atomic E-state index is 0. The summed E-state index contributed by atoms with van der Waals surface area (Å²) in [5.74, 6) is 1.57. The van der Waals surface area contributed by atoms with Crippen molar-refractivity contribution in [3.63, 3.8) is 0 Å². The second-order valence-electron chi connectivity index (χ2n) is 30.7. The molecular weight excluding hydrogens is 2330 g/mol. The number of benzene rings is 12. The maximum atomic E-state index is 6.31. The maximum absolute atomic E-state index is 6.31. The fourth-order valence-electron chi connectivity index (χ4n) is 16.9. The Balaban J connectivity index is 0.000000116. The molecule has 0 atom stereocenters. The van der Waals surface area contributed by atoms with E-state index in [1.807, 2.05) is 227 Å². The third-order valence-corrected chi connectivity index (χ3v) is 27.8. The Morgan fingerprint density at radius 1 is 0.252 bits per heavy atom. The van der Waals surface area contributed by atoms with Crippen LogP contribution >= 0.6 is 68.0 Å². The van der Waals surface area contributed by atoms with Gasteiger partial charge in [-0.3, -0.25) is 24.9 Å². The average molecular weight is 2390 g/mol. The Hall–Kier alpha value is -14.3. The number of oxazole rings is 3. The Morgan fingerprint density at radius 3 is 1.10 bits per heavy atom. The quantitative estimate of drug-likeness (QED) is 0.0874. The molecule has 15 aromatic heterocycles. The van der Waals surface area contributed by atoms with Crippen molar-refractivity contribution in [2.45, 2.75) is 0 Å². The first-order valence-corrected chi connectivity index (χ1v) is 47.1. The third-order valence-electron chi connectivity index (χ3n) is 22.9. The van der Waals surface area contributed by atoms with Gasteiger partial charge in [0.15, 0.2) is 0 Å². The average Bonchev–Trinajstić information content (AvgIpc) is 1.61. The number of hydrogen-bond donors (Lipinski definition) is 0. The molecule has 0 unspecified atom stereocenters. The molecule has 0 amide bonds. The van der Waals surface area contributed by atoms with Gasteiger partial charge in [0.2, 0.25) is 0 Å². The second kappa shape index (κ2) is 37.0. The van der Waals surface area contributed by atoms with E-state index in [0.717, 1.165) is 230 Å². The van der Waals surface area contributed by atoms with E-state index < -0.39 is 0 Å². The van der Waals surface area contributed by atoms with E-state index in [1.165, 1.54) is 0 Å². The Labute approximate surface area is 836 Å². The van der Waals surface area contributed by atoms with Gasteiger partial charge in [-0.15, -0.1) is 200 Å². The number of hydrogen-bond acceptors (Lipinski definition) is 21. The third kappa shape index (κ3) is 16.1. The summed E-state index contributed by atoms with van der Waals surface area (Å²) < 4.78 is 25.2. The Morgan fingerprint density at radius 2 is 0.644 bits per heavy atom. The van der Waals surface area contributed by atoms with E-state index in [4.69, 9.17) is 33.2 Å². The molecule has 12 aromatic carbocycles. The van der Waals surface area contributed by atoms with Crippen LogP contribution in [0.3, 0.4) is 0 Å². The fraction of sp³-hybridized carbons (Fsp3) is 0. The molecule has 27 rings (SSSR count). The fourth-order valence-corrected chi connectivity index (χ4v) is 20.8. The topological polar surface area (TPSA) is 209 Å². The molecule has 0 radical (unpaired) electrons. The number of thiazole rings is 6. The van der Waals surface area contributed by atoms with Crippen molar-refractivity contribution in [2.75, 3.05) is 0 Å². The molecule has 15 heterocycles. The summed E-state index contributed by atoms with van der Waals surface area (Å²) in [5.41, 5.74) is 26.8. The van der Waals surface area contributed by atoms with E-state index in [9.17, 15) is 0 Å². The van der Waals surface area contributed by atoms with Crippen LogP contribution in [0, 0.1) is 36.4 Å². The van der Waals surface area contributed by atoms with Crippen LogP contribution < -0.4 is 0 Å². The molecular formula is C108H57N15O3Pt3S6. The van der Waals surface area contributed by atoms with Crippen molar-refractivity contribution in [1.29, 1.82) is 0 Å². The molecule has 18 nitrogen and oxygen atoms in total. The van der Waals surface area contributed by atoms with Gasteiger partial charge in [0.1, 0.15) is 54.5 Å². The van der Waals surface area contributed by atoms with Crippen LogP contribution in [-0.2, 0) is 63.2 Å². The molecule has 0 bridgehead atoms. The first kappa shape index (κ1) is 86.2. The van der Waals surface area contributed by atoms with Crippen LogP contribution in [-0.4, -0.2) is 73.5 Å². The zero-order valence-electron chi connectivity index (χ0n) is 69.7. The molecule has 135 heavy (non-hydrogen) atoms. The molecule has 0 saturated carbocycles. The number of pyridine rings is 3. The van der Waals surface area contributed by atoms with Gasteiger partial charge in [-0.05, 0) is 157 Å². The molecule has 648 valence electrons. The van der Waals surface area contributed by atoms with Crippen molar-refractivity contribution < 1.29 is 76.4 Å². The summed E-state index contributed by atoms with van der Waals surface area (Å²) in [6.07, 6.45) is 16.5. The van der Waals surface area contributed by atoms with Gasteiger partial charge in [-0.2, -0.15) is 0 Å². The summed E-state index contributed by atoms with van der Waals surface area (Å²) in [7, 11) is 0. The summed E-state index contributed by atoms with van der Waals surface area (Å²) in [6.45, 7) is 0. The summed E-state index contributed by atoms with van der Waals surface area (Å²) in [6, 6.07) is 108. The molecule has 0 saturated heterocycles. The van der Waals surface area contributed by atoms with Crippen molar-refractivity contribution in [3.05, 3.63) is 379 Å². The number of fused-ring (bicyclic) bond motifs is 12. The molecule has 27 aromatic rings. The van der Waals surface area contributed by atoms with Gasteiger partial charge in [0, 0.05) is 127 Å². The predicted octanol–water partition coefficient (Wildman–Crippen LogP) is 28.5. The van der Waals surface area contributed by atoms with Gasteiger partial charge >= 0.3 is 63.2 Å². The van der Waals surface area contributed by atoms with Crippen LogP contribution in [0.1, 0.15) is 0 Å². The second-order valence-corrected chi connectivity index (χ2v) is 36.0. The molecule has 0 aliphatic heterocycles. The number of aromatic nitrogens is 15. The molecule has 0 aliphatic rings. The minimum Gasteiger partial charge on any atom is -0.481 e. The zero-order valence-corrected chi connectivity index (χ0v) is 81.5. The molecule has 0 spiro atoms. The summed E-state index contributed by atoms with van der Waals surface area (Å²) >= 11 is 9.67. The first-order chi connectivity index (χ1) is 65.4. The maximum Gasteiger partial charge on any atom is 2.00 e. The van der Waals surface area contributed by atoms with Crippen molar-refractivity contribution >= 4 is 167 Å². The van der Waals surface area contributed by atoms with Gasteiger partial charge in [-0.1, -0.05) is 129 Å². The van der Waals surface area contributed by atoms with Gasteiger partial charge in [-0.25, -0.2) is 19.9 Å². The predicted molar refractivity (Wildman–Crippen MR) is 531 cm³/mol. The number of para-hydroxylation sites is 6. The van der Waals surface area contributed by atoms with E-state index in [-0.39, 0.29) is 63.2 Å². The van der Waals surface area contributed by atoms with E-state index >= 15 is 0 Å². The Bertz CT molecular complexity index is 8900. The van der Waals surface area contributed by atoms with Crippen LogP contribution in [0.25, 0.3) is 247 Å². The van der Waals surface area contributed by atoms with Crippen LogP contribution in [0.5, 0.6) is 0 Å². The van der Waals surface area contributed by atoms with Crippen LogP contribution in [0.15, 0.2) is 356 Å². The Kier molecular flexibility index (Phi) is 23.6. The van der Waals surface area contributed by atoms with E-state index in [2.05, 4.69) is 193 Å². The largest absolute Gasteiger partial charge is 2.00 e. The van der Waals surface area contributed by atoms with Crippen LogP contribution in [0.2, 0.25) is 0 Å². The number of rotatable bonds is 15.